The van der Waals surface area contributed by atoms with Gasteiger partial charge in [0.05, 0.1) is 12.2 Å². The van der Waals surface area contributed by atoms with Crippen molar-refractivity contribution in [2.45, 2.75) is 58.2 Å². The Kier molecular flexibility index (Phi) is 4.06. The van der Waals surface area contributed by atoms with Crippen molar-refractivity contribution >= 4 is 0 Å². The standard InChI is InChI=1S/C15H22O2/c1-11-6-5-9-15(14(11)10-12(2)16)17-13-7-3-4-8-13/h5-6,9,12-13,16H,3-4,7-8,10H2,1-2H3. The van der Waals surface area contributed by atoms with Crippen LogP contribution in [0.3, 0.4) is 0 Å². The Balaban J connectivity index is 2.16. The summed E-state index contributed by atoms with van der Waals surface area (Å²) in [5, 5.41) is 9.56. The molecule has 1 atom stereocenters. The summed E-state index contributed by atoms with van der Waals surface area (Å²) in [6.07, 6.45) is 5.63. The molecule has 1 aliphatic rings. The lowest BCUT2D eigenvalue weighted by molar-refractivity contribution is 0.184. The Morgan fingerprint density at radius 2 is 2.06 bits per heavy atom. The highest BCUT2D eigenvalue weighted by molar-refractivity contribution is 5.40. The molecule has 0 heterocycles. The topological polar surface area (TPSA) is 29.5 Å². The van der Waals surface area contributed by atoms with E-state index in [1.54, 1.807) is 0 Å². The van der Waals surface area contributed by atoms with Crippen molar-refractivity contribution in [2.24, 2.45) is 0 Å². The molecule has 17 heavy (non-hydrogen) atoms. The fraction of sp³-hybridized carbons (Fsp3) is 0.600. The molecule has 1 aliphatic carbocycles. The van der Waals surface area contributed by atoms with Gasteiger partial charge in [0.2, 0.25) is 0 Å². The average molecular weight is 234 g/mol. The van der Waals surface area contributed by atoms with E-state index >= 15 is 0 Å². The maximum absolute atomic E-state index is 9.56. The lowest BCUT2D eigenvalue weighted by Crippen LogP contribution is -2.14. The van der Waals surface area contributed by atoms with Crippen molar-refractivity contribution in [1.29, 1.82) is 0 Å². The summed E-state index contributed by atoms with van der Waals surface area (Å²) >= 11 is 0. The fourth-order valence-electron chi connectivity index (χ4n) is 2.53. The van der Waals surface area contributed by atoms with Crippen molar-refractivity contribution in [3.8, 4) is 5.75 Å². The molecule has 0 radical (unpaired) electrons. The number of rotatable bonds is 4. The van der Waals surface area contributed by atoms with Crippen LogP contribution in [-0.2, 0) is 6.42 Å². The molecule has 0 bridgehead atoms. The SMILES string of the molecule is Cc1cccc(OC2CCCC2)c1CC(C)O. The van der Waals surface area contributed by atoms with E-state index in [1.807, 2.05) is 19.1 Å². The Morgan fingerprint density at radius 1 is 1.35 bits per heavy atom. The van der Waals surface area contributed by atoms with E-state index in [0.29, 0.717) is 12.5 Å². The zero-order valence-corrected chi connectivity index (χ0v) is 10.8. The van der Waals surface area contributed by atoms with Gasteiger partial charge in [0.25, 0.3) is 0 Å². The highest BCUT2D eigenvalue weighted by atomic mass is 16.5. The molecule has 1 unspecified atom stereocenters. The van der Waals surface area contributed by atoms with Crippen molar-refractivity contribution in [2.75, 3.05) is 0 Å². The van der Waals surface area contributed by atoms with Crippen molar-refractivity contribution in [3.05, 3.63) is 29.3 Å². The molecular weight excluding hydrogens is 212 g/mol. The van der Waals surface area contributed by atoms with Gasteiger partial charge in [0, 0.05) is 6.42 Å². The predicted octanol–water partition coefficient (Wildman–Crippen LogP) is 3.24. The quantitative estimate of drug-likeness (QED) is 0.866. The monoisotopic (exact) mass is 234 g/mol. The van der Waals surface area contributed by atoms with E-state index in [2.05, 4.69) is 13.0 Å². The summed E-state index contributed by atoms with van der Waals surface area (Å²) in [6.45, 7) is 3.91. The molecule has 0 amide bonds. The molecule has 2 nitrogen and oxygen atoms in total. The van der Waals surface area contributed by atoms with E-state index in [4.69, 9.17) is 4.74 Å². The molecule has 1 aromatic rings. The van der Waals surface area contributed by atoms with Gasteiger partial charge in [-0.15, -0.1) is 0 Å². The van der Waals surface area contributed by atoms with Gasteiger partial charge < -0.3 is 9.84 Å². The van der Waals surface area contributed by atoms with E-state index in [-0.39, 0.29) is 6.10 Å². The molecule has 1 fully saturated rings. The minimum atomic E-state index is -0.318. The minimum absolute atomic E-state index is 0.318. The van der Waals surface area contributed by atoms with Crippen molar-refractivity contribution in [1.82, 2.24) is 0 Å². The molecule has 2 heteroatoms. The van der Waals surface area contributed by atoms with Crippen LogP contribution in [0.1, 0.15) is 43.7 Å². The predicted molar refractivity (Wildman–Crippen MR) is 69.4 cm³/mol. The summed E-state index contributed by atoms with van der Waals surface area (Å²) in [7, 11) is 0. The molecule has 1 saturated carbocycles. The second-order valence-electron chi connectivity index (χ2n) is 5.13. The van der Waals surface area contributed by atoms with Crippen LogP contribution in [0, 0.1) is 6.92 Å². The van der Waals surface area contributed by atoms with E-state index in [9.17, 15) is 5.11 Å². The van der Waals surface area contributed by atoms with Crippen LogP contribution in [-0.4, -0.2) is 17.3 Å². The largest absolute Gasteiger partial charge is 0.490 e. The number of ether oxygens (including phenoxy) is 1. The van der Waals surface area contributed by atoms with Gasteiger partial charge in [0.1, 0.15) is 5.75 Å². The van der Waals surface area contributed by atoms with Crippen LogP contribution in [0.15, 0.2) is 18.2 Å². The van der Waals surface area contributed by atoms with E-state index in [1.165, 1.54) is 31.2 Å². The molecule has 2 rings (SSSR count). The summed E-state index contributed by atoms with van der Waals surface area (Å²) < 4.78 is 6.08. The van der Waals surface area contributed by atoms with Gasteiger partial charge in [-0.25, -0.2) is 0 Å². The van der Waals surface area contributed by atoms with Gasteiger partial charge in [-0.05, 0) is 56.7 Å². The van der Waals surface area contributed by atoms with Crippen LogP contribution in [0.25, 0.3) is 0 Å². The molecular formula is C15H22O2. The first-order valence-electron chi connectivity index (χ1n) is 6.60. The third-order valence-electron chi connectivity index (χ3n) is 3.46. The van der Waals surface area contributed by atoms with Gasteiger partial charge in [-0.1, -0.05) is 12.1 Å². The lowest BCUT2D eigenvalue weighted by atomic mass is 10.0. The van der Waals surface area contributed by atoms with E-state index in [0.717, 1.165) is 11.3 Å². The van der Waals surface area contributed by atoms with Gasteiger partial charge in [-0.2, -0.15) is 0 Å². The maximum Gasteiger partial charge on any atom is 0.123 e. The van der Waals surface area contributed by atoms with Gasteiger partial charge in [0.15, 0.2) is 0 Å². The highest BCUT2D eigenvalue weighted by Gasteiger charge is 2.18. The lowest BCUT2D eigenvalue weighted by Gasteiger charge is -2.18. The van der Waals surface area contributed by atoms with Crippen LogP contribution in [0.2, 0.25) is 0 Å². The second kappa shape index (κ2) is 5.54. The highest BCUT2D eigenvalue weighted by Crippen LogP contribution is 2.29. The Labute approximate surface area is 104 Å². The average Bonchev–Trinajstić information content (AvgIpc) is 2.75. The first-order valence-corrected chi connectivity index (χ1v) is 6.60. The number of benzene rings is 1. The number of hydrogen-bond acceptors (Lipinski definition) is 2. The summed E-state index contributed by atoms with van der Waals surface area (Å²) in [4.78, 5) is 0. The Morgan fingerprint density at radius 3 is 2.71 bits per heavy atom. The third-order valence-corrected chi connectivity index (χ3v) is 3.46. The molecule has 1 aromatic carbocycles. The van der Waals surface area contributed by atoms with Gasteiger partial charge in [-0.3, -0.25) is 0 Å². The zero-order chi connectivity index (χ0) is 12.3. The first-order chi connectivity index (χ1) is 8.16. The Bertz CT molecular complexity index is 365. The van der Waals surface area contributed by atoms with Crippen LogP contribution in [0.5, 0.6) is 5.75 Å². The first kappa shape index (κ1) is 12.4. The fourth-order valence-corrected chi connectivity index (χ4v) is 2.53. The summed E-state index contributed by atoms with van der Waals surface area (Å²) in [6, 6.07) is 6.15. The molecule has 0 aromatic heterocycles. The summed E-state index contributed by atoms with van der Waals surface area (Å²) in [5.41, 5.74) is 2.37. The molecule has 1 N–H and O–H groups in total. The Hall–Kier alpha value is -1.02. The molecule has 0 saturated heterocycles. The number of aryl methyl sites for hydroxylation is 1. The third kappa shape index (κ3) is 3.22. The zero-order valence-electron chi connectivity index (χ0n) is 10.8. The molecule has 0 spiro atoms. The number of hydrogen-bond donors (Lipinski definition) is 1. The van der Waals surface area contributed by atoms with Gasteiger partial charge >= 0.3 is 0 Å². The summed E-state index contributed by atoms with van der Waals surface area (Å²) in [5.74, 6) is 0.970. The van der Waals surface area contributed by atoms with Crippen LogP contribution >= 0.6 is 0 Å². The number of aliphatic hydroxyl groups excluding tert-OH is 1. The smallest absolute Gasteiger partial charge is 0.123 e. The van der Waals surface area contributed by atoms with Crippen LogP contribution < -0.4 is 4.74 Å². The van der Waals surface area contributed by atoms with Crippen molar-refractivity contribution in [3.63, 3.8) is 0 Å². The van der Waals surface area contributed by atoms with E-state index < -0.39 is 0 Å². The maximum atomic E-state index is 9.56. The number of aliphatic hydroxyl groups is 1. The van der Waals surface area contributed by atoms with Crippen LogP contribution in [0.4, 0.5) is 0 Å². The second-order valence-corrected chi connectivity index (χ2v) is 5.13. The van der Waals surface area contributed by atoms with Crippen molar-refractivity contribution < 1.29 is 9.84 Å². The minimum Gasteiger partial charge on any atom is -0.490 e. The molecule has 94 valence electrons. The normalized spacial score (nSPS) is 18.3. The molecule has 0 aliphatic heterocycles.